The van der Waals surface area contributed by atoms with Gasteiger partial charge < -0.3 is 4.52 Å². The molecule has 1 aliphatic rings. The summed E-state index contributed by atoms with van der Waals surface area (Å²) in [6, 6.07) is 3.02. The van der Waals surface area contributed by atoms with Gasteiger partial charge in [-0.15, -0.1) is 11.3 Å². The van der Waals surface area contributed by atoms with Crippen LogP contribution in [0.2, 0.25) is 0 Å². The van der Waals surface area contributed by atoms with E-state index < -0.39 is 10.0 Å². The van der Waals surface area contributed by atoms with Crippen molar-refractivity contribution >= 4 is 21.4 Å². The number of sulfonamides is 1. The van der Waals surface area contributed by atoms with Gasteiger partial charge in [-0.25, -0.2) is 8.42 Å². The number of aryl methyl sites for hydroxylation is 1. The van der Waals surface area contributed by atoms with Crippen molar-refractivity contribution in [2.24, 2.45) is 0 Å². The molecule has 1 atom stereocenters. The van der Waals surface area contributed by atoms with E-state index in [1.54, 1.807) is 24.4 Å². The molecule has 0 aromatic carbocycles. The van der Waals surface area contributed by atoms with E-state index in [0.717, 1.165) is 12.8 Å². The Morgan fingerprint density at radius 3 is 2.95 bits per heavy atom. The van der Waals surface area contributed by atoms with E-state index in [4.69, 9.17) is 4.52 Å². The largest absolute Gasteiger partial charge is 0.338 e. The van der Waals surface area contributed by atoms with Crippen LogP contribution in [0, 0.1) is 6.92 Å². The van der Waals surface area contributed by atoms with Crippen LogP contribution in [0.1, 0.15) is 37.0 Å². The molecular formula is C12H15N3O3S2. The Morgan fingerprint density at radius 1 is 1.45 bits per heavy atom. The smallest absolute Gasteiger partial charge is 0.253 e. The van der Waals surface area contributed by atoms with E-state index in [0.29, 0.717) is 28.9 Å². The van der Waals surface area contributed by atoms with Gasteiger partial charge in [0, 0.05) is 6.54 Å². The van der Waals surface area contributed by atoms with Crippen LogP contribution in [0.25, 0.3) is 0 Å². The standard InChI is InChI=1S/C12H15N3O3S2/c1-9-13-12(18-14-9)10-5-2-3-7-15(10)20(16,17)11-6-4-8-19-11/h4,6,8,10H,2-3,5,7H2,1H3/t10-/m0/s1. The Morgan fingerprint density at radius 2 is 2.30 bits per heavy atom. The van der Waals surface area contributed by atoms with Gasteiger partial charge >= 0.3 is 0 Å². The monoisotopic (exact) mass is 313 g/mol. The highest BCUT2D eigenvalue weighted by atomic mass is 32.2. The Bertz CT molecular complexity index is 679. The lowest BCUT2D eigenvalue weighted by atomic mass is 10.1. The lowest BCUT2D eigenvalue weighted by molar-refractivity contribution is 0.205. The summed E-state index contributed by atoms with van der Waals surface area (Å²) in [5.41, 5.74) is 0. The van der Waals surface area contributed by atoms with Gasteiger partial charge in [-0.1, -0.05) is 17.6 Å². The van der Waals surface area contributed by atoms with Crippen LogP contribution in [0.5, 0.6) is 0 Å². The molecule has 0 unspecified atom stereocenters. The maximum Gasteiger partial charge on any atom is 0.253 e. The van der Waals surface area contributed by atoms with Crippen LogP contribution in [0.15, 0.2) is 26.2 Å². The van der Waals surface area contributed by atoms with E-state index in [2.05, 4.69) is 10.1 Å². The number of hydrogen-bond donors (Lipinski definition) is 0. The van der Waals surface area contributed by atoms with Crippen molar-refractivity contribution in [3.63, 3.8) is 0 Å². The van der Waals surface area contributed by atoms with E-state index in [1.165, 1.54) is 15.6 Å². The third-order valence-electron chi connectivity index (χ3n) is 3.34. The fraction of sp³-hybridized carbons (Fsp3) is 0.500. The van der Waals surface area contributed by atoms with Gasteiger partial charge in [0.25, 0.3) is 10.0 Å². The number of thiophene rings is 1. The summed E-state index contributed by atoms with van der Waals surface area (Å²) >= 11 is 1.23. The molecule has 3 rings (SSSR count). The molecule has 8 heteroatoms. The minimum Gasteiger partial charge on any atom is -0.338 e. The third-order valence-corrected chi connectivity index (χ3v) is 6.62. The van der Waals surface area contributed by atoms with E-state index in [1.807, 2.05) is 0 Å². The fourth-order valence-electron chi connectivity index (χ4n) is 2.41. The molecule has 2 aromatic heterocycles. The predicted molar refractivity (Wildman–Crippen MR) is 73.8 cm³/mol. The molecule has 20 heavy (non-hydrogen) atoms. The average Bonchev–Trinajstić information content (AvgIpc) is 3.10. The summed E-state index contributed by atoms with van der Waals surface area (Å²) in [5, 5.41) is 5.53. The summed E-state index contributed by atoms with van der Waals surface area (Å²) in [4.78, 5) is 4.20. The Kier molecular flexibility index (Phi) is 3.61. The number of aromatic nitrogens is 2. The van der Waals surface area contributed by atoms with E-state index in [-0.39, 0.29) is 6.04 Å². The zero-order chi connectivity index (χ0) is 14.2. The lowest BCUT2D eigenvalue weighted by Gasteiger charge is -2.31. The van der Waals surface area contributed by atoms with Crippen molar-refractivity contribution in [3.8, 4) is 0 Å². The van der Waals surface area contributed by atoms with Gasteiger partial charge in [0.2, 0.25) is 5.89 Å². The number of nitrogens with zero attached hydrogens (tertiary/aromatic N) is 3. The molecule has 0 radical (unpaired) electrons. The molecule has 1 saturated heterocycles. The Labute approximate surface area is 121 Å². The van der Waals surface area contributed by atoms with Gasteiger partial charge in [-0.3, -0.25) is 0 Å². The maximum absolute atomic E-state index is 12.7. The summed E-state index contributed by atoms with van der Waals surface area (Å²) in [6.45, 7) is 2.22. The third kappa shape index (κ3) is 2.38. The first-order chi connectivity index (χ1) is 9.59. The molecule has 0 saturated carbocycles. The second-order valence-electron chi connectivity index (χ2n) is 4.74. The minimum absolute atomic E-state index is 0.350. The van der Waals surface area contributed by atoms with E-state index in [9.17, 15) is 8.42 Å². The molecule has 108 valence electrons. The van der Waals surface area contributed by atoms with Gasteiger partial charge in [0.05, 0.1) is 0 Å². The average molecular weight is 313 g/mol. The summed E-state index contributed by atoms with van der Waals surface area (Å²) < 4.78 is 32.4. The van der Waals surface area contributed by atoms with Gasteiger partial charge in [-0.05, 0) is 31.2 Å². The molecule has 6 nitrogen and oxygen atoms in total. The number of hydrogen-bond acceptors (Lipinski definition) is 6. The van der Waals surface area contributed by atoms with Crippen molar-refractivity contribution in [1.29, 1.82) is 0 Å². The Balaban J connectivity index is 1.97. The highest BCUT2D eigenvalue weighted by molar-refractivity contribution is 7.91. The van der Waals surface area contributed by atoms with Gasteiger partial charge in [0.15, 0.2) is 5.82 Å². The SMILES string of the molecule is Cc1noc([C@@H]2CCCCN2S(=O)(=O)c2cccs2)n1. The molecule has 1 fully saturated rings. The van der Waals surface area contributed by atoms with Crippen molar-refractivity contribution in [3.05, 3.63) is 29.2 Å². The zero-order valence-electron chi connectivity index (χ0n) is 11.0. The quantitative estimate of drug-likeness (QED) is 0.869. The van der Waals surface area contributed by atoms with Crippen molar-refractivity contribution in [2.45, 2.75) is 36.4 Å². The first-order valence-electron chi connectivity index (χ1n) is 6.44. The summed E-state index contributed by atoms with van der Waals surface area (Å²) in [6.07, 6.45) is 2.53. The second kappa shape index (κ2) is 5.27. The fourth-order valence-corrected chi connectivity index (χ4v) is 5.18. The zero-order valence-corrected chi connectivity index (χ0v) is 12.7. The summed E-state index contributed by atoms with van der Waals surface area (Å²) in [5.74, 6) is 0.918. The first-order valence-corrected chi connectivity index (χ1v) is 8.76. The molecule has 0 N–H and O–H groups in total. The molecule has 0 aliphatic carbocycles. The van der Waals surface area contributed by atoms with Gasteiger partial charge in [-0.2, -0.15) is 9.29 Å². The van der Waals surface area contributed by atoms with Crippen molar-refractivity contribution in [1.82, 2.24) is 14.4 Å². The van der Waals surface area contributed by atoms with Crippen molar-refractivity contribution in [2.75, 3.05) is 6.54 Å². The Hall–Kier alpha value is -1.25. The highest BCUT2D eigenvalue weighted by Crippen LogP contribution is 2.35. The summed E-state index contributed by atoms with van der Waals surface area (Å²) in [7, 11) is -3.48. The van der Waals surface area contributed by atoms with Crippen LogP contribution in [0.3, 0.4) is 0 Å². The second-order valence-corrected chi connectivity index (χ2v) is 7.80. The number of piperidine rings is 1. The maximum atomic E-state index is 12.7. The molecule has 3 heterocycles. The van der Waals surface area contributed by atoms with Crippen LogP contribution in [-0.4, -0.2) is 29.4 Å². The van der Waals surface area contributed by atoms with Crippen LogP contribution in [0.4, 0.5) is 0 Å². The van der Waals surface area contributed by atoms with Gasteiger partial charge in [0.1, 0.15) is 10.3 Å². The topological polar surface area (TPSA) is 76.3 Å². The molecule has 0 bridgehead atoms. The van der Waals surface area contributed by atoms with Crippen LogP contribution in [-0.2, 0) is 10.0 Å². The van der Waals surface area contributed by atoms with Crippen LogP contribution >= 0.6 is 11.3 Å². The van der Waals surface area contributed by atoms with Crippen molar-refractivity contribution < 1.29 is 12.9 Å². The minimum atomic E-state index is -3.48. The highest BCUT2D eigenvalue weighted by Gasteiger charge is 2.37. The molecular weight excluding hydrogens is 298 g/mol. The lowest BCUT2D eigenvalue weighted by Crippen LogP contribution is -2.38. The molecule has 1 aliphatic heterocycles. The normalized spacial score (nSPS) is 21.1. The van der Waals surface area contributed by atoms with Crippen LogP contribution < -0.4 is 0 Å². The first kappa shape index (κ1) is 13.7. The molecule has 0 spiro atoms. The predicted octanol–water partition coefficient (Wildman–Crippen LogP) is 2.36. The molecule has 0 amide bonds. The molecule has 2 aromatic rings. The van der Waals surface area contributed by atoms with E-state index >= 15 is 0 Å². The number of rotatable bonds is 3.